The second-order valence-corrected chi connectivity index (χ2v) is 9.67. The SMILES string of the molecule is CC1=C(C(=O)OCCN(C)Cc2ccc(F)cc2)[C@@H](c2cccc3c2OCO3)C(C(=O)OC(C)C)=C(C)N1.Cl. The number of nitrogens with one attached hydrogen (secondary N) is 1. The zero-order valence-corrected chi connectivity index (χ0v) is 23.5. The van der Waals surface area contributed by atoms with Crippen LogP contribution in [0.5, 0.6) is 11.5 Å². The molecular weight excluding hydrogens is 527 g/mol. The summed E-state index contributed by atoms with van der Waals surface area (Å²) in [5.74, 6) is -1.10. The third-order valence-electron chi connectivity index (χ3n) is 6.35. The van der Waals surface area contributed by atoms with Gasteiger partial charge in [0.25, 0.3) is 0 Å². The second-order valence-electron chi connectivity index (χ2n) is 9.67. The Bertz CT molecular complexity index is 1280. The van der Waals surface area contributed by atoms with Crippen LogP contribution in [0.1, 0.15) is 44.7 Å². The highest BCUT2D eigenvalue weighted by Crippen LogP contribution is 2.47. The van der Waals surface area contributed by atoms with E-state index in [9.17, 15) is 14.0 Å². The highest BCUT2D eigenvalue weighted by Gasteiger charge is 2.40. The van der Waals surface area contributed by atoms with Crippen molar-refractivity contribution >= 4 is 24.3 Å². The molecule has 1 atom stereocenters. The van der Waals surface area contributed by atoms with E-state index < -0.39 is 17.9 Å². The summed E-state index contributed by atoms with van der Waals surface area (Å²) in [5.41, 5.74) is 3.35. The quantitative estimate of drug-likeness (QED) is 0.436. The molecule has 2 heterocycles. The van der Waals surface area contributed by atoms with Gasteiger partial charge in [-0.1, -0.05) is 24.3 Å². The Morgan fingerprint density at radius 3 is 2.38 bits per heavy atom. The number of halogens is 2. The number of hydrogen-bond donors (Lipinski definition) is 1. The van der Waals surface area contributed by atoms with Crippen LogP contribution in [-0.2, 0) is 25.6 Å². The first kappa shape index (κ1) is 30.0. The second kappa shape index (κ2) is 13.0. The summed E-state index contributed by atoms with van der Waals surface area (Å²) in [6.45, 7) is 8.31. The number of rotatable bonds is 9. The van der Waals surface area contributed by atoms with Gasteiger partial charge in [-0.25, -0.2) is 14.0 Å². The molecule has 2 aliphatic heterocycles. The molecule has 0 saturated heterocycles. The van der Waals surface area contributed by atoms with Crippen LogP contribution in [0.15, 0.2) is 65.0 Å². The minimum Gasteiger partial charge on any atom is -0.461 e. The average Bonchev–Trinajstić information content (AvgIpc) is 3.33. The van der Waals surface area contributed by atoms with E-state index in [-0.39, 0.29) is 37.7 Å². The van der Waals surface area contributed by atoms with Crippen molar-refractivity contribution in [3.8, 4) is 11.5 Å². The summed E-state index contributed by atoms with van der Waals surface area (Å²) in [5, 5.41) is 3.16. The monoisotopic (exact) mass is 560 g/mol. The summed E-state index contributed by atoms with van der Waals surface area (Å²) in [7, 11) is 1.89. The molecular formula is C29H34ClFN2O6. The Hall–Kier alpha value is -3.56. The van der Waals surface area contributed by atoms with E-state index >= 15 is 0 Å². The molecule has 10 heteroatoms. The first-order valence-corrected chi connectivity index (χ1v) is 12.5. The normalized spacial score (nSPS) is 16.3. The van der Waals surface area contributed by atoms with Gasteiger partial charge in [0.1, 0.15) is 12.4 Å². The summed E-state index contributed by atoms with van der Waals surface area (Å²) >= 11 is 0. The van der Waals surface area contributed by atoms with E-state index in [1.54, 1.807) is 52.0 Å². The molecule has 0 radical (unpaired) electrons. The summed E-state index contributed by atoms with van der Waals surface area (Å²) in [6.07, 6.45) is -0.344. The molecule has 0 spiro atoms. The maximum absolute atomic E-state index is 13.5. The van der Waals surface area contributed by atoms with Gasteiger partial charge >= 0.3 is 11.9 Å². The van der Waals surface area contributed by atoms with Crippen molar-refractivity contribution in [1.82, 2.24) is 10.2 Å². The minimum absolute atomic E-state index is 0. The number of likely N-dealkylation sites (N-methyl/N-ethyl adjacent to an activating group) is 1. The van der Waals surface area contributed by atoms with E-state index in [4.69, 9.17) is 18.9 Å². The van der Waals surface area contributed by atoms with Gasteiger partial charge in [-0.05, 0) is 58.5 Å². The number of dihydropyridines is 1. The van der Waals surface area contributed by atoms with Crippen molar-refractivity contribution in [1.29, 1.82) is 0 Å². The molecule has 0 aromatic heterocycles. The zero-order valence-electron chi connectivity index (χ0n) is 22.7. The van der Waals surface area contributed by atoms with Gasteiger partial charge < -0.3 is 24.3 Å². The molecule has 39 heavy (non-hydrogen) atoms. The topological polar surface area (TPSA) is 86.3 Å². The van der Waals surface area contributed by atoms with E-state index in [0.29, 0.717) is 52.7 Å². The first-order chi connectivity index (χ1) is 18.2. The fourth-order valence-electron chi connectivity index (χ4n) is 4.66. The highest BCUT2D eigenvalue weighted by molar-refractivity contribution is 6.00. The fourth-order valence-corrected chi connectivity index (χ4v) is 4.66. The Morgan fingerprint density at radius 2 is 1.72 bits per heavy atom. The maximum atomic E-state index is 13.5. The van der Waals surface area contributed by atoms with Crippen LogP contribution in [0.25, 0.3) is 0 Å². The van der Waals surface area contributed by atoms with E-state index in [1.807, 2.05) is 18.0 Å². The third-order valence-corrected chi connectivity index (χ3v) is 6.35. The van der Waals surface area contributed by atoms with Crippen molar-refractivity contribution in [2.75, 3.05) is 27.0 Å². The number of hydrogen-bond acceptors (Lipinski definition) is 8. The molecule has 1 N–H and O–H groups in total. The molecule has 0 aliphatic carbocycles. The lowest BCUT2D eigenvalue weighted by Crippen LogP contribution is -2.34. The molecule has 0 bridgehead atoms. The Morgan fingerprint density at radius 1 is 1.05 bits per heavy atom. The molecule has 2 aliphatic rings. The molecule has 210 valence electrons. The van der Waals surface area contributed by atoms with Crippen LogP contribution in [0.2, 0.25) is 0 Å². The number of benzene rings is 2. The Balaban J connectivity index is 0.00000420. The number of carbonyl (C=O) groups is 2. The number of carbonyl (C=O) groups excluding carboxylic acids is 2. The van der Waals surface area contributed by atoms with Gasteiger partial charge in [-0.15, -0.1) is 12.4 Å². The predicted octanol–water partition coefficient (Wildman–Crippen LogP) is 4.84. The van der Waals surface area contributed by atoms with E-state index in [1.165, 1.54) is 12.1 Å². The third kappa shape index (κ3) is 6.91. The fraction of sp³-hybridized carbons (Fsp3) is 0.379. The number of para-hydroxylation sites is 1. The first-order valence-electron chi connectivity index (χ1n) is 12.5. The van der Waals surface area contributed by atoms with Crippen molar-refractivity contribution in [2.45, 2.75) is 46.3 Å². The molecule has 0 fully saturated rings. The molecule has 0 amide bonds. The summed E-state index contributed by atoms with van der Waals surface area (Å²) in [6, 6.07) is 11.7. The standard InChI is InChI=1S/C29H33FN2O6.ClH/c1-17(2)38-29(34)25-19(4)31-18(3)24(26(25)22-7-6-8-23-27(22)37-16-36-23)28(33)35-14-13-32(5)15-20-9-11-21(30)12-10-20;/h6-12,17,26,31H,13-16H2,1-5H3;1H/t26-;/m1./s1. The summed E-state index contributed by atoms with van der Waals surface area (Å²) in [4.78, 5) is 28.8. The van der Waals surface area contributed by atoms with Gasteiger partial charge in [0.05, 0.1) is 23.2 Å². The average molecular weight is 561 g/mol. The lowest BCUT2D eigenvalue weighted by molar-refractivity contribution is -0.143. The van der Waals surface area contributed by atoms with Gasteiger partial charge in [-0.3, -0.25) is 4.90 Å². The molecule has 4 rings (SSSR count). The maximum Gasteiger partial charge on any atom is 0.337 e. The van der Waals surface area contributed by atoms with Crippen LogP contribution in [-0.4, -0.2) is 49.9 Å². The predicted molar refractivity (Wildman–Crippen MR) is 146 cm³/mol. The number of nitrogens with zero attached hydrogens (tertiary/aromatic N) is 1. The molecule has 0 unspecified atom stereocenters. The van der Waals surface area contributed by atoms with E-state index in [2.05, 4.69) is 5.32 Å². The van der Waals surface area contributed by atoms with Crippen LogP contribution in [0, 0.1) is 5.82 Å². The summed E-state index contributed by atoms with van der Waals surface area (Å²) < 4.78 is 35.8. The molecule has 2 aromatic rings. The Labute approximate surface area is 234 Å². The number of ether oxygens (including phenoxy) is 4. The molecule has 8 nitrogen and oxygen atoms in total. The smallest absolute Gasteiger partial charge is 0.337 e. The van der Waals surface area contributed by atoms with Crippen LogP contribution < -0.4 is 14.8 Å². The van der Waals surface area contributed by atoms with Crippen LogP contribution in [0.4, 0.5) is 4.39 Å². The van der Waals surface area contributed by atoms with Crippen LogP contribution in [0.3, 0.4) is 0 Å². The lowest BCUT2D eigenvalue weighted by Gasteiger charge is -2.31. The van der Waals surface area contributed by atoms with Crippen molar-refractivity contribution in [2.24, 2.45) is 0 Å². The minimum atomic E-state index is -0.774. The van der Waals surface area contributed by atoms with Gasteiger partial charge in [0.15, 0.2) is 11.5 Å². The van der Waals surface area contributed by atoms with Crippen molar-refractivity contribution in [3.05, 3.63) is 81.9 Å². The Kier molecular flexibility index (Phi) is 9.99. The van der Waals surface area contributed by atoms with Crippen molar-refractivity contribution < 1.29 is 32.9 Å². The molecule has 0 saturated carbocycles. The lowest BCUT2D eigenvalue weighted by atomic mass is 9.80. The van der Waals surface area contributed by atoms with E-state index in [0.717, 1.165) is 5.56 Å². The van der Waals surface area contributed by atoms with Gasteiger partial charge in [0, 0.05) is 30.0 Å². The van der Waals surface area contributed by atoms with Gasteiger partial charge in [0.2, 0.25) is 6.79 Å². The zero-order chi connectivity index (χ0) is 27.4. The largest absolute Gasteiger partial charge is 0.461 e. The molecule has 2 aromatic carbocycles. The highest BCUT2D eigenvalue weighted by atomic mass is 35.5. The number of allylic oxidation sites excluding steroid dienone is 2. The van der Waals surface area contributed by atoms with Gasteiger partial charge in [-0.2, -0.15) is 0 Å². The van der Waals surface area contributed by atoms with Crippen molar-refractivity contribution in [3.63, 3.8) is 0 Å². The van der Waals surface area contributed by atoms with Crippen LogP contribution >= 0.6 is 12.4 Å². The number of fused-ring (bicyclic) bond motifs is 1. The number of esters is 2.